The molecule has 1 amide bonds. The number of thiocarbonyl (C=S) groups is 1. The van der Waals surface area contributed by atoms with E-state index < -0.39 is 0 Å². The van der Waals surface area contributed by atoms with Crippen LogP contribution in [-0.2, 0) is 9.53 Å². The van der Waals surface area contributed by atoms with E-state index in [9.17, 15) is 4.79 Å². The Morgan fingerprint density at radius 2 is 1.95 bits per heavy atom. The number of ether oxygens (including phenoxy) is 2. The lowest BCUT2D eigenvalue weighted by molar-refractivity contribution is -0.113. The first-order valence-electron chi connectivity index (χ1n) is 6.93. The van der Waals surface area contributed by atoms with Crippen molar-refractivity contribution in [2.75, 3.05) is 38.3 Å². The molecule has 116 valence electrons. The molecule has 0 saturated carbocycles. The molecule has 2 aliphatic heterocycles. The molecular formula is C15H16N2O3S2. The highest BCUT2D eigenvalue weighted by Gasteiger charge is 2.33. The van der Waals surface area contributed by atoms with Gasteiger partial charge in [-0.25, -0.2) is 0 Å². The molecule has 22 heavy (non-hydrogen) atoms. The predicted octanol–water partition coefficient (Wildman–Crippen LogP) is 2.23. The summed E-state index contributed by atoms with van der Waals surface area (Å²) < 4.78 is 11.0. The monoisotopic (exact) mass is 336 g/mol. The van der Waals surface area contributed by atoms with Gasteiger partial charge in [-0.3, -0.25) is 9.69 Å². The lowest BCUT2D eigenvalue weighted by atomic mass is 10.2. The number of anilines is 1. The highest BCUT2D eigenvalue weighted by Crippen LogP contribution is 2.35. The first-order valence-corrected chi connectivity index (χ1v) is 8.15. The molecule has 2 saturated heterocycles. The highest BCUT2D eigenvalue weighted by molar-refractivity contribution is 8.27. The molecule has 5 nitrogen and oxygen atoms in total. The van der Waals surface area contributed by atoms with Crippen molar-refractivity contribution in [2.45, 2.75) is 0 Å². The molecule has 1 aromatic rings. The molecule has 2 fully saturated rings. The Morgan fingerprint density at radius 3 is 2.59 bits per heavy atom. The first-order chi connectivity index (χ1) is 10.7. The van der Waals surface area contributed by atoms with Gasteiger partial charge in [-0.15, -0.1) is 0 Å². The zero-order chi connectivity index (χ0) is 15.5. The van der Waals surface area contributed by atoms with E-state index in [0.29, 0.717) is 22.4 Å². The van der Waals surface area contributed by atoms with Crippen LogP contribution in [-0.4, -0.2) is 48.5 Å². The van der Waals surface area contributed by atoms with Crippen molar-refractivity contribution in [1.29, 1.82) is 0 Å². The molecule has 2 aliphatic rings. The number of methoxy groups -OCH3 is 1. The summed E-state index contributed by atoms with van der Waals surface area (Å²) in [5.41, 5.74) is 0.758. The van der Waals surface area contributed by atoms with Crippen LogP contribution in [0.25, 0.3) is 0 Å². The van der Waals surface area contributed by atoms with E-state index in [0.717, 1.165) is 24.5 Å². The van der Waals surface area contributed by atoms with Crippen LogP contribution in [0.1, 0.15) is 0 Å². The van der Waals surface area contributed by atoms with Crippen LogP contribution in [0, 0.1) is 0 Å². The van der Waals surface area contributed by atoms with Crippen molar-refractivity contribution in [3.63, 3.8) is 0 Å². The van der Waals surface area contributed by atoms with Crippen LogP contribution in [0.5, 0.6) is 5.75 Å². The van der Waals surface area contributed by atoms with Crippen LogP contribution < -0.4 is 9.64 Å². The third-order valence-corrected chi connectivity index (χ3v) is 4.76. The fraction of sp³-hybridized carbons (Fsp3) is 0.333. The molecule has 0 spiro atoms. The summed E-state index contributed by atoms with van der Waals surface area (Å²) in [6.45, 7) is 2.98. The number of hydrogen-bond donors (Lipinski definition) is 0. The average molecular weight is 336 g/mol. The van der Waals surface area contributed by atoms with Gasteiger partial charge in [0.25, 0.3) is 5.91 Å². The van der Waals surface area contributed by atoms with Crippen LogP contribution in [0.4, 0.5) is 5.69 Å². The van der Waals surface area contributed by atoms with Crippen LogP contribution >= 0.6 is 24.0 Å². The minimum absolute atomic E-state index is 0.0772. The predicted molar refractivity (Wildman–Crippen MR) is 91.1 cm³/mol. The van der Waals surface area contributed by atoms with Crippen LogP contribution in [0.3, 0.4) is 0 Å². The summed E-state index contributed by atoms with van der Waals surface area (Å²) in [4.78, 5) is 16.9. The maximum Gasteiger partial charge on any atom is 0.272 e. The minimum Gasteiger partial charge on any atom is -0.497 e. The molecule has 0 atom stereocenters. The van der Waals surface area contributed by atoms with E-state index in [2.05, 4.69) is 4.90 Å². The van der Waals surface area contributed by atoms with Crippen molar-refractivity contribution in [1.82, 2.24) is 4.90 Å². The third-order valence-electron chi connectivity index (χ3n) is 3.47. The fourth-order valence-electron chi connectivity index (χ4n) is 2.28. The standard InChI is InChI=1S/C15H16N2O3S2/c1-19-12-4-2-11(3-5-12)17-14(18)13(22-15(17)21)10-16-6-8-20-9-7-16/h2-5,10H,6-9H2,1H3. The zero-order valence-electron chi connectivity index (χ0n) is 12.2. The largest absolute Gasteiger partial charge is 0.497 e. The Labute approximate surface area is 138 Å². The molecule has 2 heterocycles. The number of nitrogens with zero attached hydrogens (tertiary/aromatic N) is 2. The van der Waals surface area contributed by atoms with Gasteiger partial charge in [0.05, 0.1) is 30.9 Å². The van der Waals surface area contributed by atoms with E-state index in [-0.39, 0.29) is 5.91 Å². The maximum atomic E-state index is 12.6. The number of carbonyl (C=O) groups excluding carboxylic acids is 1. The Kier molecular flexibility index (Phi) is 4.66. The molecule has 3 rings (SSSR count). The van der Waals surface area contributed by atoms with Gasteiger partial charge in [0.2, 0.25) is 0 Å². The number of morpholine rings is 1. The van der Waals surface area contributed by atoms with E-state index >= 15 is 0 Å². The van der Waals surface area contributed by atoms with Gasteiger partial charge in [-0.1, -0.05) is 24.0 Å². The summed E-state index contributed by atoms with van der Waals surface area (Å²) in [6.07, 6.45) is 1.89. The molecule has 0 bridgehead atoms. The van der Waals surface area contributed by atoms with E-state index in [1.807, 2.05) is 30.5 Å². The Balaban J connectivity index is 1.79. The number of carbonyl (C=O) groups is 1. The molecule has 0 N–H and O–H groups in total. The topological polar surface area (TPSA) is 42.0 Å². The quantitative estimate of drug-likeness (QED) is 0.623. The van der Waals surface area contributed by atoms with Gasteiger partial charge < -0.3 is 14.4 Å². The molecule has 7 heteroatoms. The molecule has 0 aliphatic carbocycles. The Bertz CT molecular complexity index is 610. The van der Waals surface area contributed by atoms with Crippen LogP contribution in [0.15, 0.2) is 35.4 Å². The van der Waals surface area contributed by atoms with Gasteiger partial charge in [0.15, 0.2) is 4.32 Å². The van der Waals surface area contributed by atoms with Gasteiger partial charge in [0, 0.05) is 19.3 Å². The highest BCUT2D eigenvalue weighted by atomic mass is 32.2. The number of rotatable bonds is 3. The molecular weight excluding hydrogens is 320 g/mol. The molecule has 0 radical (unpaired) electrons. The number of thioether (sulfide) groups is 1. The lowest BCUT2D eigenvalue weighted by Crippen LogP contribution is -2.33. The summed E-state index contributed by atoms with van der Waals surface area (Å²) in [5.74, 6) is 0.671. The minimum atomic E-state index is -0.0772. The number of benzene rings is 1. The smallest absolute Gasteiger partial charge is 0.272 e. The van der Waals surface area contributed by atoms with Crippen molar-refractivity contribution >= 4 is 39.9 Å². The van der Waals surface area contributed by atoms with Gasteiger partial charge in [-0.2, -0.15) is 0 Å². The number of amides is 1. The van der Waals surface area contributed by atoms with Crippen molar-refractivity contribution < 1.29 is 14.3 Å². The molecule has 0 unspecified atom stereocenters. The zero-order valence-corrected chi connectivity index (χ0v) is 13.8. The number of hydrogen-bond acceptors (Lipinski definition) is 6. The Morgan fingerprint density at radius 1 is 1.27 bits per heavy atom. The third kappa shape index (κ3) is 3.11. The van der Waals surface area contributed by atoms with Crippen molar-refractivity contribution in [3.05, 3.63) is 35.4 Å². The second-order valence-electron chi connectivity index (χ2n) is 4.85. The van der Waals surface area contributed by atoms with Crippen molar-refractivity contribution in [2.24, 2.45) is 0 Å². The van der Waals surface area contributed by atoms with E-state index in [1.165, 1.54) is 11.8 Å². The fourth-order valence-corrected chi connectivity index (χ4v) is 3.59. The van der Waals surface area contributed by atoms with Gasteiger partial charge in [-0.05, 0) is 24.3 Å². The van der Waals surface area contributed by atoms with E-state index in [1.54, 1.807) is 12.0 Å². The van der Waals surface area contributed by atoms with E-state index in [4.69, 9.17) is 21.7 Å². The first kappa shape index (κ1) is 15.3. The van der Waals surface area contributed by atoms with Crippen LogP contribution in [0.2, 0.25) is 0 Å². The second kappa shape index (κ2) is 6.68. The summed E-state index contributed by atoms with van der Waals surface area (Å²) in [7, 11) is 1.61. The summed E-state index contributed by atoms with van der Waals surface area (Å²) in [5, 5.41) is 0. The molecule has 1 aromatic carbocycles. The maximum absolute atomic E-state index is 12.6. The second-order valence-corrected chi connectivity index (χ2v) is 6.52. The summed E-state index contributed by atoms with van der Waals surface area (Å²) in [6, 6.07) is 7.31. The van der Waals surface area contributed by atoms with Crippen molar-refractivity contribution in [3.8, 4) is 5.75 Å². The lowest BCUT2D eigenvalue weighted by Gasteiger charge is -2.25. The SMILES string of the molecule is COc1ccc(N2C(=O)C(=CN3CCOCC3)SC2=S)cc1. The normalized spacial score (nSPS) is 20.9. The molecule has 0 aromatic heterocycles. The van der Waals surface area contributed by atoms with Gasteiger partial charge >= 0.3 is 0 Å². The average Bonchev–Trinajstić information content (AvgIpc) is 2.82. The summed E-state index contributed by atoms with van der Waals surface area (Å²) >= 11 is 6.69. The Hall–Kier alpha value is -1.57. The van der Waals surface area contributed by atoms with Gasteiger partial charge in [0.1, 0.15) is 5.75 Å².